The maximum Gasteiger partial charge on any atom is 0.226 e. The molecule has 0 fully saturated rings. The monoisotopic (exact) mass is 322 g/mol. The molecule has 0 heterocycles. The van der Waals surface area contributed by atoms with Crippen molar-refractivity contribution in [2.75, 3.05) is 26.1 Å². The summed E-state index contributed by atoms with van der Waals surface area (Å²) in [6.45, 7) is 7.41. The van der Waals surface area contributed by atoms with Crippen LogP contribution in [-0.4, -0.2) is 32.7 Å². The molecule has 1 aromatic carbocycles. The lowest BCUT2D eigenvalue weighted by molar-refractivity contribution is -0.116. The SMILES string of the molecule is COc1ccc(NC(=O)CC(C)NCCCC(C)C)c(OC)c1. The second-order valence-electron chi connectivity index (χ2n) is 6.21. The molecule has 0 saturated heterocycles. The molecule has 0 aliphatic heterocycles. The van der Waals surface area contributed by atoms with Crippen LogP contribution in [0.4, 0.5) is 5.69 Å². The van der Waals surface area contributed by atoms with E-state index >= 15 is 0 Å². The quantitative estimate of drug-likeness (QED) is 0.648. The molecule has 2 N–H and O–H groups in total. The van der Waals surface area contributed by atoms with Gasteiger partial charge in [0.25, 0.3) is 0 Å². The summed E-state index contributed by atoms with van der Waals surface area (Å²) in [4.78, 5) is 12.1. The molecule has 0 aliphatic carbocycles. The van der Waals surface area contributed by atoms with Gasteiger partial charge in [-0.2, -0.15) is 0 Å². The number of ether oxygens (including phenoxy) is 2. The molecule has 23 heavy (non-hydrogen) atoms. The third kappa shape index (κ3) is 7.37. The molecule has 0 radical (unpaired) electrons. The van der Waals surface area contributed by atoms with Crippen LogP contribution in [0.3, 0.4) is 0 Å². The highest BCUT2D eigenvalue weighted by atomic mass is 16.5. The van der Waals surface area contributed by atoms with Crippen molar-refractivity contribution in [3.63, 3.8) is 0 Å². The fourth-order valence-electron chi connectivity index (χ4n) is 2.31. The van der Waals surface area contributed by atoms with Gasteiger partial charge >= 0.3 is 0 Å². The number of carbonyl (C=O) groups is 1. The van der Waals surface area contributed by atoms with Crippen molar-refractivity contribution in [2.45, 2.75) is 46.1 Å². The molecule has 1 rings (SSSR count). The summed E-state index contributed by atoms with van der Waals surface area (Å²) in [6.07, 6.45) is 2.77. The zero-order valence-corrected chi connectivity index (χ0v) is 14.9. The number of carbonyl (C=O) groups excluding carboxylic acids is 1. The van der Waals surface area contributed by atoms with E-state index in [0.717, 1.165) is 18.9 Å². The van der Waals surface area contributed by atoms with Crippen molar-refractivity contribution in [2.24, 2.45) is 5.92 Å². The zero-order valence-electron chi connectivity index (χ0n) is 14.9. The Morgan fingerprint density at radius 2 is 1.91 bits per heavy atom. The van der Waals surface area contributed by atoms with Gasteiger partial charge in [-0.25, -0.2) is 0 Å². The Morgan fingerprint density at radius 3 is 2.52 bits per heavy atom. The average Bonchev–Trinajstić information content (AvgIpc) is 2.51. The highest BCUT2D eigenvalue weighted by Gasteiger charge is 2.12. The third-order valence-corrected chi connectivity index (χ3v) is 3.63. The molecule has 0 bridgehead atoms. The normalized spacial score (nSPS) is 12.1. The minimum Gasteiger partial charge on any atom is -0.497 e. The smallest absolute Gasteiger partial charge is 0.226 e. The lowest BCUT2D eigenvalue weighted by Crippen LogP contribution is -2.31. The minimum absolute atomic E-state index is 0.0303. The summed E-state index contributed by atoms with van der Waals surface area (Å²) >= 11 is 0. The lowest BCUT2D eigenvalue weighted by atomic mass is 10.1. The molecule has 1 aromatic rings. The summed E-state index contributed by atoms with van der Waals surface area (Å²) in [5.74, 6) is 1.98. The van der Waals surface area contributed by atoms with Crippen LogP contribution in [0.25, 0.3) is 0 Å². The van der Waals surface area contributed by atoms with Crippen molar-refractivity contribution in [3.8, 4) is 11.5 Å². The first-order valence-electron chi connectivity index (χ1n) is 8.21. The van der Waals surface area contributed by atoms with Crippen molar-refractivity contribution in [3.05, 3.63) is 18.2 Å². The molecule has 5 nitrogen and oxygen atoms in total. The molecule has 1 atom stereocenters. The van der Waals surface area contributed by atoms with Crippen LogP contribution in [0.15, 0.2) is 18.2 Å². The van der Waals surface area contributed by atoms with Gasteiger partial charge in [-0.1, -0.05) is 13.8 Å². The van der Waals surface area contributed by atoms with Gasteiger partial charge in [0.05, 0.1) is 19.9 Å². The third-order valence-electron chi connectivity index (χ3n) is 3.63. The summed E-state index contributed by atoms with van der Waals surface area (Å²) in [5, 5.41) is 6.28. The van der Waals surface area contributed by atoms with Gasteiger partial charge in [-0.05, 0) is 44.4 Å². The van der Waals surface area contributed by atoms with Gasteiger partial charge in [-0.15, -0.1) is 0 Å². The van der Waals surface area contributed by atoms with Gasteiger partial charge in [0, 0.05) is 18.5 Å². The average molecular weight is 322 g/mol. The van der Waals surface area contributed by atoms with Crippen molar-refractivity contribution in [1.29, 1.82) is 0 Å². The van der Waals surface area contributed by atoms with Crippen LogP contribution in [0.2, 0.25) is 0 Å². The fraction of sp³-hybridized carbons (Fsp3) is 0.611. The maximum atomic E-state index is 12.1. The van der Waals surface area contributed by atoms with Crippen LogP contribution in [0.1, 0.15) is 40.0 Å². The second kappa shape index (κ2) is 10.1. The van der Waals surface area contributed by atoms with E-state index in [9.17, 15) is 4.79 Å². The lowest BCUT2D eigenvalue weighted by Gasteiger charge is -2.15. The summed E-state index contributed by atoms with van der Waals surface area (Å²) in [7, 11) is 3.17. The molecular weight excluding hydrogens is 292 g/mol. The number of benzene rings is 1. The molecule has 1 amide bonds. The molecule has 0 aromatic heterocycles. The molecular formula is C18H30N2O3. The minimum atomic E-state index is -0.0303. The van der Waals surface area contributed by atoms with Crippen LogP contribution in [0, 0.1) is 5.92 Å². The summed E-state index contributed by atoms with van der Waals surface area (Å²) in [5.41, 5.74) is 0.658. The number of hydrogen-bond donors (Lipinski definition) is 2. The van der Waals surface area contributed by atoms with E-state index in [2.05, 4.69) is 24.5 Å². The molecule has 0 spiro atoms. The maximum absolute atomic E-state index is 12.1. The first-order valence-corrected chi connectivity index (χ1v) is 8.21. The Labute approximate surface area is 139 Å². The Kier molecular flexibility index (Phi) is 8.48. The number of methoxy groups -OCH3 is 2. The first-order chi connectivity index (χ1) is 11.0. The highest BCUT2D eigenvalue weighted by Crippen LogP contribution is 2.29. The Morgan fingerprint density at radius 1 is 1.17 bits per heavy atom. The van der Waals surface area contributed by atoms with Crippen molar-refractivity contribution in [1.82, 2.24) is 5.32 Å². The van der Waals surface area contributed by atoms with Crippen LogP contribution in [0.5, 0.6) is 11.5 Å². The van der Waals surface area contributed by atoms with Crippen LogP contribution < -0.4 is 20.1 Å². The Balaban J connectivity index is 2.44. The van der Waals surface area contributed by atoms with E-state index in [1.54, 1.807) is 32.4 Å². The Hall–Kier alpha value is -1.75. The van der Waals surface area contributed by atoms with E-state index < -0.39 is 0 Å². The van der Waals surface area contributed by atoms with Gasteiger partial charge in [-0.3, -0.25) is 4.79 Å². The van der Waals surface area contributed by atoms with Gasteiger partial charge in [0.2, 0.25) is 5.91 Å². The summed E-state index contributed by atoms with van der Waals surface area (Å²) < 4.78 is 10.4. The van der Waals surface area contributed by atoms with E-state index in [0.29, 0.717) is 23.6 Å². The Bertz CT molecular complexity index is 489. The number of hydrogen-bond acceptors (Lipinski definition) is 4. The highest BCUT2D eigenvalue weighted by molar-refractivity contribution is 5.92. The standard InChI is InChI=1S/C18H30N2O3/c1-13(2)7-6-10-19-14(3)11-18(21)20-16-9-8-15(22-4)12-17(16)23-5/h8-9,12-14,19H,6-7,10-11H2,1-5H3,(H,20,21). The number of amides is 1. The van der Waals surface area contributed by atoms with Crippen LogP contribution >= 0.6 is 0 Å². The van der Waals surface area contributed by atoms with E-state index in [4.69, 9.17) is 9.47 Å². The van der Waals surface area contributed by atoms with E-state index in [-0.39, 0.29) is 11.9 Å². The van der Waals surface area contributed by atoms with Gasteiger partial charge < -0.3 is 20.1 Å². The molecule has 0 aliphatic rings. The van der Waals surface area contributed by atoms with Crippen molar-refractivity contribution < 1.29 is 14.3 Å². The zero-order chi connectivity index (χ0) is 17.2. The predicted molar refractivity (Wildman–Crippen MR) is 94.3 cm³/mol. The van der Waals surface area contributed by atoms with Crippen LogP contribution in [-0.2, 0) is 4.79 Å². The number of rotatable bonds is 10. The first kappa shape index (κ1) is 19.3. The molecule has 1 unspecified atom stereocenters. The molecule has 130 valence electrons. The number of anilines is 1. The second-order valence-corrected chi connectivity index (χ2v) is 6.21. The summed E-state index contributed by atoms with van der Waals surface area (Å²) in [6, 6.07) is 5.48. The van der Waals surface area contributed by atoms with E-state index in [1.165, 1.54) is 6.42 Å². The molecule has 5 heteroatoms. The van der Waals surface area contributed by atoms with Crippen molar-refractivity contribution >= 4 is 11.6 Å². The predicted octanol–water partition coefficient (Wildman–Crippen LogP) is 3.45. The topological polar surface area (TPSA) is 59.6 Å². The van der Waals surface area contributed by atoms with Gasteiger partial charge in [0.15, 0.2) is 0 Å². The fourth-order valence-corrected chi connectivity index (χ4v) is 2.31. The number of nitrogens with one attached hydrogen (secondary N) is 2. The van der Waals surface area contributed by atoms with E-state index in [1.807, 2.05) is 6.92 Å². The van der Waals surface area contributed by atoms with Gasteiger partial charge in [0.1, 0.15) is 11.5 Å². The largest absolute Gasteiger partial charge is 0.497 e. The molecule has 0 saturated carbocycles.